The van der Waals surface area contributed by atoms with E-state index in [2.05, 4.69) is 37.8 Å². The smallest absolute Gasteiger partial charge is 0.194 e. The van der Waals surface area contributed by atoms with Gasteiger partial charge >= 0.3 is 0 Å². The Kier molecular flexibility index (Phi) is 9.76. The van der Waals surface area contributed by atoms with Gasteiger partial charge in [0.05, 0.1) is 6.61 Å². The van der Waals surface area contributed by atoms with E-state index in [9.17, 15) is 4.79 Å². The fourth-order valence-electron chi connectivity index (χ4n) is 4.02. The molecule has 0 saturated heterocycles. The maximum atomic E-state index is 13.3. The minimum Gasteiger partial charge on any atom is -0.494 e. The lowest BCUT2D eigenvalue weighted by atomic mass is 9.99. The van der Waals surface area contributed by atoms with Gasteiger partial charge in [0.2, 0.25) is 0 Å². The highest BCUT2D eigenvalue weighted by Crippen LogP contribution is 2.33. The van der Waals surface area contributed by atoms with Crippen LogP contribution < -0.4 is 4.74 Å². The monoisotopic (exact) mass is 451 g/mol. The van der Waals surface area contributed by atoms with Gasteiger partial charge in [0.1, 0.15) is 5.75 Å². The molecule has 172 valence electrons. The van der Waals surface area contributed by atoms with Crippen molar-refractivity contribution in [1.29, 1.82) is 0 Å². The van der Waals surface area contributed by atoms with Crippen LogP contribution in [0.3, 0.4) is 0 Å². The van der Waals surface area contributed by atoms with Crippen molar-refractivity contribution >= 4 is 27.2 Å². The second kappa shape index (κ2) is 12.8. The number of rotatable bonds is 14. The van der Waals surface area contributed by atoms with E-state index in [1.807, 2.05) is 36.4 Å². The number of aryl methyl sites for hydroxylation is 1. The Bertz CT molecular complexity index is 969. The van der Waals surface area contributed by atoms with Gasteiger partial charge in [-0.2, -0.15) is 0 Å². The number of ketones is 1. The summed E-state index contributed by atoms with van der Waals surface area (Å²) in [5.74, 6) is 0.939. The topological polar surface area (TPSA) is 29.5 Å². The van der Waals surface area contributed by atoms with Crippen LogP contribution >= 0.6 is 11.3 Å². The summed E-state index contributed by atoms with van der Waals surface area (Å²) in [7, 11) is 0. The third kappa shape index (κ3) is 6.43. The third-order valence-corrected chi connectivity index (χ3v) is 7.19. The van der Waals surface area contributed by atoms with Gasteiger partial charge in [0, 0.05) is 32.6 Å². The van der Waals surface area contributed by atoms with Crippen LogP contribution in [0.4, 0.5) is 0 Å². The predicted octanol–water partition coefficient (Wildman–Crippen LogP) is 7.37. The molecule has 0 aliphatic carbocycles. The van der Waals surface area contributed by atoms with Gasteiger partial charge in [-0.05, 0) is 69.1 Å². The Labute approximate surface area is 197 Å². The second-order valence-electron chi connectivity index (χ2n) is 8.35. The second-order valence-corrected chi connectivity index (χ2v) is 9.49. The molecule has 0 spiro atoms. The first kappa shape index (κ1) is 24.5. The van der Waals surface area contributed by atoms with Crippen molar-refractivity contribution in [2.45, 2.75) is 59.3 Å². The van der Waals surface area contributed by atoms with Crippen molar-refractivity contribution in [3.8, 4) is 5.75 Å². The summed E-state index contributed by atoms with van der Waals surface area (Å²) in [5.41, 5.74) is 1.59. The Morgan fingerprint density at radius 1 is 0.875 bits per heavy atom. The van der Waals surface area contributed by atoms with Crippen molar-refractivity contribution in [1.82, 2.24) is 4.90 Å². The molecular weight excluding hydrogens is 414 g/mol. The lowest BCUT2D eigenvalue weighted by Gasteiger charge is -2.21. The maximum absolute atomic E-state index is 13.3. The van der Waals surface area contributed by atoms with Gasteiger partial charge < -0.3 is 9.64 Å². The fraction of sp³-hybridized carbons (Fsp3) is 0.464. The fourth-order valence-corrected chi connectivity index (χ4v) is 5.16. The highest BCUT2D eigenvalue weighted by atomic mass is 32.1. The van der Waals surface area contributed by atoms with Gasteiger partial charge in [-0.3, -0.25) is 4.79 Å². The van der Waals surface area contributed by atoms with E-state index in [0.717, 1.165) is 46.5 Å². The molecular formula is C28H37NO2S. The van der Waals surface area contributed by atoms with Crippen molar-refractivity contribution in [2.75, 3.05) is 26.2 Å². The average molecular weight is 452 g/mol. The van der Waals surface area contributed by atoms with E-state index < -0.39 is 0 Å². The SMILES string of the molecule is CCCCN(CCCC)CCCOc1ccc(C(=O)c2c(CC)sc3ccccc23)cc1. The number of hydrogen-bond donors (Lipinski definition) is 0. The van der Waals surface area contributed by atoms with Crippen LogP contribution in [0, 0.1) is 0 Å². The summed E-state index contributed by atoms with van der Waals surface area (Å²) in [6.07, 6.45) is 6.90. The molecule has 3 rings (SSSR count). The molecule has 0 bridgehead atoms. The lowest BCUT2D eigenvalue weighted by molar-refractivity contribution is 0.104. The molecule has 0 aliphatic rings. The van der Waals surface area contributed by atoms with Gasteiger partial charge in [-0.1, -0.05) is 51.8 Å². The molecule has 0 fully saturated rings. The number of nitrogens with zero attached hydrogens (tertiary/aromatic N) is 1. The standard InChI is InChI=1S/C28H37NO2S/c1-4-7-18-29(19-8-5-2)20-11-21-31-23-16-14-22(15-17-23)28(30)27-24-12-9-10-13-26(24)32-25(27)6-3/h9-10,12-17H,4-8,11,18-21H2,1-3H3. The van der Waals surface area contributed by atoms with Crippen molar-refractivity contribution in [2.24, 2.45) is 0 Å². The van der Waals surface area contributed by atoms with Gasteiger partial charge in [0.25, 0.3) is 0 Å². The van der Waals surface area contributed by atoms with Gasteiger partial charge in [-0.15, -0.1) is 11.3 Å². The molecule has 4 heteroatoms. The molecule has 1 heterocycles. The Hall–Kier alpha value is -2.17. The number of fused-ring (bicyclic) bond motifs is 1. The van der Waals surface area contributed by atoms with E-state index in [4.69, 9.17) is 4.74 Å². The van der Waals surface area contributed by atoms with E-state index >= 15 is 0 Å². The van der Waals surface area contributed by atoms with E-state index in [-0.39, 0.29) is 5.78 Å². The van der Waals surface area contributed by atoms with Crippen molar-refractivity contribution in [3.05, 3.63) is 64.5 Å². The van der Waals surface area contributed by atoms with E-state index in [0.29, 0.717) is 6.61 Å². The van der Waals surface area contributed by atoms with E-state index in [1.165, 1.54) is 43.5 Å². The molecule has 3 nitrogen and oxygen atoms in total. The quantitative estimate of drug-likeness (QED) is 0.189. The first-order chi connectivity index (χ1) is 15.7. The Balaban J connectivity index is 1.57. The number of carbonyl (C=O) groups is 1. The van der Waals surface area contributed by atoms with Gasteiger partial charge in [-0.25, -0.2) is 0 Å². The number of benzene rings is 2. The molecule has 3 aromatic rings. The molecule has 0 N–H and O–H groups in total. The molecule has 2 aromatic carbocycles. The largest absolute Gasteiger partial charge is 0.494 e. The first-order valence-electron chi connectivity index (χ1n) is 12.2. The number of thiophene rings is 1. The maximum Gasteiger partial charge on any atom is 0.194 e. The summed E-state index contributed by atoms with van der Waals surface area (Å²) in [6.45, 7) is 10.8. The number of unbranched alkanes of at least 4 members (excludes halogenated alkanes) is 2. The molecule has 0 aliphatic heterocycles. The molecule has 0 unspecified atom stereocenters. The summed E-state index contributed by atoms with van der Waals surface area (Å²) in [6, 6.07) is 15.9. The van der Waals surface area contributed by atoms with Crippen LogP contribution in [0.2, 0.25) is 0 Å². The summed E-state index contributed by atoms with van der Waals surface area (Å²) in [5, 5.41) is 1.07. The first-order valence-corrected chi connectivity index (χ1v) is 13.0. The minimum atomic E-state index is 0.105. The van der Waals surface area contributed by atoms with Crippen molar-refractivity contribution < 1.29 is 9.53 Å². The number of hydrogen-bond acceptors (Lipinski definition) is 4. The zero-order valence-electron chi connectivity index (χ0n) is 19.9. The summed E-state index contributed by atoms with van der Waals surface area (Å²) >= 11 is 1.73. The van der Waals surface area contributed by atoms with Crippen LogP contribution in [0.25, 0.3) is 10.1 Å². The van der Waals surface area contributed by atoms with Crippen LogP contribution in [-0.4, -0.2) is 36.9 Å². The van der Waals surface area contributed by atoms with Crippen LogP contribution in [0.1, 0.15) is 73.7 Å². The van der Waals surface area contributed by atoms with Crippen LogP contribution in [0.5, 0.6) is 5.75 Å². The highest BCUT2D eigenvalue weighted by Gasteiger charge is 2.19. The molecule has 0 atom stereocenters. The number of carbonyl (C=O) groups excluding carboxylic acids is 1. The van der Waals surface area contributed by atoms with E-state index in [1.54, 1.807) is 11.3 Å². The molecule has 0 saturated carbocycles. The summed E-state index contributed by atoms with van der Waals surface area (Å²) < 4.78 is 7.15. The van der Waals surface area contributed by atoms with Crippen LogP contribution in [0.15, 0.2) is 48.5 Å². The van der Waals surface area contributed by atoms with Crippen molar-refractivity contribution in [3.63, 3.8) is 0 Å². The van der Waals surface area contributed by atoms with Crippen LogP contribution in [-0.2, 0) is 6.42 Å². The molecule has 1 aromatic heterocycles. The zero-order chi connectivity index (χ0) is 22.8. The van der Waals surface area contributed by atoms with Gasteiger partial charge in [0.15, 0.2) is 5.78 Å². The highest BCUT2D eigenvalue weighted by molar-refractivity contribution is 7.19. The molecule has 0 radical (unpaired) electrons. The third-order valence-electron chi connectivity index (χ3n) is 5.88. The Morgan fingerprint density at radius 2 is 1.53 bits per heavy atom. The predicted molar refractivity (Wildman–Crippen MR) is 137 cm³/mol. The molecule has 0 amide bonds. The minimum absolute atomic E-state index is 0.105. The number of ether oxygens (including phenoxy) is 1. The zero-order valence-corrected chi connectivity index (χ0v) is 20.7. The average Bonchev–Trinajstić information content (AvgIpc) is 3.21. The summed E-state index contributed by atoms with van der Waals surface area (Å²) in [4.78, 5) is 17.0. The molecule has 32 heavy (non-hydrogen) atoms. The Morgan fingerprint density at radius 3 is 2.19 bits per heavy atom. The lowest BCUT2D eigenvalue weighted by Crippen LogP contribution is -2.28. The normalized spacial score (nSPS) is 11.4.